The first-order chi connectivity index (χ1) is 11.0. The monoisotopic (exact) mass is 352 g/mol. The van der Waals surface area contributed by atoms with Crippen LogP contribution in [0.4, 0.5) is 0 Å². The summed E-state index contributed by atoms with van der Waals surface area (Å²) in [6.45, 7) is 2.20. The number of allylic oxidation sites excluding steroid dienone is 2. The maximum Gasteiger partial charge on any atom is 0.230 e. The number of ether oxygens (including phenoxy) is 2. The number of carbonyl (C=O) groups is 1. The predicted molar refractivity (Wildman–Crippen MR) is 88.3 cm³/mol. The molecule has 2 heterocycles. The lowest BCUT2D eigenvalue weighted by Gasteiger charge is -2.31. The van der Waals surface area contributed by atoms with E-state index >= 15 is 0 Å². The van der Waals surface area contributed by atoms with E-state index in [9.17, 15) is 4.79 Å². The first-order valence-corrected chi connectivity index (χ1v) is 7.82. The van der Waals surface area contributed by atoms with Crippen molar-refractivity contribution in [2.24, 2.45) is 10.7 Å². The van der Waals surface area contributed by atoms with Crippen molar-refractivity contribution in [1.29, 1.82) is 0 Å². The van der Waals surface area contributed by atoms with Crippen molar-refractivity contribution in [1.82, 2.24) is 0 Å². The zero-order chi connectivity index (χ0) is 16.6. The van der Waals surface area contributed by atoms with Crippen molar-refractivity contribution in [3.63, 3.8) is 0 Å². The van der Waals surface area contributed by atoms with Crippen LogP contribution in [0.2, 0.25) is 5.02 Å². The van der Waals surface area contributed by atoms with Crippen LogP contribution in [0.25, 0.3) is 0 Å². The molecule has 1 aromatic rings. The number of hydrogen-bond donors (Lipinski definition) is 1. The van der Waals surface area contributed by atoms with Gasteiger partial charge in [-0.2, -0.15) is 0 Å². The van der Waals surface area contributed by atoms with Gasteiger partial charge in [-0.1, -0.05) is 35.3 Å². The molecule has 0 aliphatic carbocycles. The Hall–Kier alpha value is -1.98. The second kappa shape index (κ2) is 6.26. The fourth-order valence-corrected chi connectivity index (χ4v) is 2.97. The molecular weight excluding hydrogens is 339 g/mol. The average molecular weight is 353 g/mol. The van der Waals surface area contributed by atoms with E-state index in [-0.39, 0.29) is 29.1 Å². The van der Waals surface area contributed by atoms with Gasteiger partial charge in [0.15, 0.2) is 22.5 Å². The maximum absolute atomic E-state index is 12.4. The molecule has 1 atom stereocenters. The van der Waals surface area contributed by atoms with Gasteiger partial charge in [0.25, 0.3) is 0 Å². The maximum atomic E-state index is 12.4. The van der Waals surface area contributed by atoms with E-state index in [0.717, 1.165) is 5.56 Å². The summed E-state index contributed by atoms with van der Waals surface area (Å²) in [7, 11) is 0. The van der Waals surface area contributed by atoms with E-state index in [1.165, 1.54) is 0 Å². The van der Waals surface area contributed by atoms with Crippen molar-refractivity contribution in [2.45, 2.75) is 12.8 Å². The lowest BCUT2D eigenvalue weighted by atomic mass is 9.84. The molecule has 0 spiro atoms. The average Bonchev–Trinajstić information content (AvgIpc) is 2.53. The van der Waals surface area contributed by atoms with E-state index in [1.54, 1.807) is 12.1 Å². The summed E-state index contributed by atoms with van der Waals surface area (Å²) in [5.41, 5.74) is 7.21. The van der Waals surface area contributed by atoms with Crippen LogP contribution in [0.15, 0.2) is 52.2 Å². The van der Waals surface area contributed by atoms with Gasteiger partial charge in [-0.05, 0) is 24.6 Å². The fourth-order valence-electron chi connectivity index (χ4n) is 2.64. The van der Waals surface area contributed by atoms with Crippen molar-refractivity contribution < 1.29 is 14.3 Å². The third-order valence-corrected chi connectivity index (χ3v) is 4.15. The smallest absolute Gasteiger partial charge is 0.230 e. The standard InChI is InChI=1S/C16H14Cl2N2O3/c1-2-22-14-11(8-3-5-9(17)6-4-8)12-10(21)7-20-15(18)13(12)23-16(14)19/h3-6,11H,2,7,19H2,1H3. The number of dihydropyridines is 1. The minimum atomic E-state index is -0.493. The van der Waals surface area contributed by atoms with Crippen LogP contribution in [0.5, 0.6) is 0 Å². The number of carbonyl (C=O) groups excluding carboxylic acids is 1. The molecule has 0 bridgehead atoms. The lowest BCUT2D eigenvalue weighted by molar-refractivity contribution is -0.115. The highest BCUT2D eigenvalue weighted by molar-refractivity contribution is 6.70. The SMILES string of the molecule is CCOC1=C(N)OC2=C(C(=O)CN=C2Cl)C1c1ccc(Cl)cc1. The van der Waals surface area contributed by atoms with E-state index in [2.05, 4.69) is 4.99 Å². The molecule has 0 saturated heterocycles. The highest BCUT2D eigenvalue weighted by Crippen LogP contribution is 2.42. The van der Waals surface area contributed by atoms with Crippen molar-refractivity contribution in [3.05, 3.63) is 57.8 Å². The van der Waals surface area contributed by atoms with Gasteiger partial charge in [-0.3, -0.25) is 9.79 Å². The van der Waals surface area contributed by atoms with Crippen LogP contribution in [-0.2, 0) is 14.3 Å². The van der Waals surface area contributed by atoms with E-state index < -0.39 is 5.92 Å². The second-order valence-electron chi connectivity index (χ2n) is 5.02. The third-order valence-electron chi connectivity index (χ3n) is 3.60. The lowest BCUT2D eigenvalue weighted by Crippen LogP contribution is -2.31. The molecule has 1 aromatic carbocycles. The molecule has 0 amide bonds. The van der Waals surface area contributed by atoms with Gasteiger partial charge < -0.3 is 15.2 Å². The number of hydrogen-bond acceptors (Lipinski definition) is 5. The van der Waals surface area contributed by atoms with Gasteiger partial charge in [0, 0.05) is 5.02 Å². The summed E-state index contributed by atoms with van der Waals surface area (Å²) in [5.74, 6) is 0.00692. The van der Waals surface area contributed by atoms with E-state index in [4.69, 9.17) is 38.4 Å². The molecule has 5 nitrogen and oxygen atoms in total. The Morgan fingerprint density at radius 1 is 1.35 bits per heavy atom. The van der Waals surface area contributed by atoms with Gasteiger partial charge in [-0.15, -0.1) is 0 Å². The fraction of sp³-hybridized carbons (Fsp3) is 0.250. The summed E-state index contributed by atoms with van der Waals surface area (Å²) in [6, 6.07) is 7.13. The van der Waals surface area contributed by atoms with Crippen molar-refractivity contribution >= 4 is 34.2 Å². The molecule has 1 unspecified atom stereocenters. The highest BCUT2D eigenvalue weighted by atomic mass is 35.5. The van der Waals surface area contributed by atoms with Crippen LogP contribution >= 0.6 is 23.2 Å². The molecule has 2 aliphatic heterocycles. The second-order valence-corrected chi connectivity index (χ2v) is 5.82. The Labute approximate surface area is 143 Å². The Balaban J connectivity index is 2.18. The van der Waals surface area contributed by atoms with E-state index in [1.807, 2.05) is 19.1 Å². The first-order valence-electron chi connectivity index (χ1n) is 7.06. The van der Waals surface area contributed by atoms with Crippen molar-refractivity contribution in [3.8, 4) is 0 Å². The number of aliphatic imine (C=N–C) groups is 1. The quantitative estimate of drug-likeness (QED) is 0.906. The summed E-state index contributed by atoms with van der Waals surface area (Å²) in [4.78, 5) is 16.4. The Morgan fingerprint density at radius 2 is 2.04 bits per heavy atom. The molecule has 0 fully saturated rings. The van der Waals surface area contributed by atoms with Crippen LogP contribution < -0.4 is 5.73 Å². The van der Waals surface area contributed by atoms with Crippen LogP contribution in [-0.4, -0.2) is 24.1 Å². The predicted octanol–water partition coefficient (Wildman–Crippen LogP) is 3.09. The molecule has 23 heavy (non-hydrogen) atoms. The number of nitrogens with zero attached hydrogens (tertiary/aromatic N) is 1. The van der Waals surface area contributed by atoms with Crippen LogP contribution in [0.1, 0.15) is 18.4 Å². The van der Waals surface area contributed by atoms with Gasteiger partial charge in [-0.25, -0.2) is 0 Å². The third kappa shape index (κ3) is 2.82. The summed E-state index contributed by atoms with van der Waals surface area (Å²) >= 11 is 12.1. The normalized spacial score (nSPS) is 20.9. The summed E-state index contributed by atoms with van der Waals surface area (Å²) < 4.78 is 11.2. The molecule has 0 saturated carbocycles. The molecule has 7 heteroatoms. The molecule has 0 aromatic heterocycles. The molecule has 3 rings (SSSR count). The molecule has 0 radical (unpaired) electrons. The largest absolute Gasteiger partial charge is 0.492 e. The highest BCUT2D eigenvalue weighted by Gasteiger charge is 2.40. The Bertz CT molecular complexity index is 751. The number of rotatable bonds is 3. The van der Waals surface area contributed by atoms with Gasteiger partial charge in [0.05, 0.1) is 18.1 Å². The van der Waals surface area contributed by atoms with Crippen LogP contribution in [0.3, 0.4) is 0 Å². The van der Waals surface area contributed by atoms with Gasteiger partial charge in [0.1, 0.15) is 6.54 Å². The zero-order valence-corrected chi connectivity index (χ0v) is 13.8. The Kier molecular flexibility index (Phi) is 4.33. The molecule has 2 aliphatic rings. The number of nitrogens with two attached hydrogens (primary N) is 1. The number of halogens is 2. The van der Waals surface area contributed by atoms with E-state index in [0.29, 0.717) is 23.0 Å². The number of Topliss-reactive ketones (excluding diaryl/α,β-unsaturated/α-hetero) is 1. The van der Waals surface area contributed by atoms with Gasteiger partial charge >= 0.3 is 0 Å². The number of ketones is 1. The minimum absolute atomic E-state index is 0.0234. The topological polar surface area (TPSA) is 73.9 Å². The molecule has 2 N–H and O–H groups in total. The van der Waals surface area contributed by atoms with Crippen molar-refractivity contribution in [2.75, 3.05) is 13.2 Å². The number of benzene rings is 1. The minimum Gasteiger partial charge on any atom is -0.492 e. The summed E-state index contributed by atoms with van der Waals surface area (Å²) in [5, 5.41) is 0.733. The van der Waals surface area contributed by atoms with Gasteiger partial charge in [0.2, 0.25) is 5.88 Å². The summed E-state index contributed by atoms with van der Waals surface area (Å²) in [6.07, 6.45) is 0. The zero-order valence-electron chi connectivity index (χ0n) is 12.3. The van der Waals surface area contributed by atoms with Crippen LogP contribution in [0, 0.1) is 0 Å². The molecule has 120 valence electrons. The first kappa shape index (κ1) is 15.9. The Morgan fingerprint density at radius 3 is 2.70 bits per heavy atom. The molecular formula is C16H14Cl2N2O3.